The van der Waals surface area contributed by atoms with Gasteiger partial charge in [0.1, 0.15) is 0 Å². The van der Waals surface area contributed by atoms with E-state index in [0.29, 0.717) is 5.56 Å². The van der Waals surface area contributed by atoms with Crippen molar-refractivity contribution in [3.8, 4) is 11.1 Å². The van der Waals surface area contributed by atoms with E-state index in [0.717, 1.165) is 11.1 Å². The van der Waals surface area contributed by atoms with Crippen molar-refractivity contribution in [3.05, 3.63) is 42.2 Å². The van der Waals surface area contributed by atoms with Gasteiger partial charge in [-0.1, -0.05) is 12.1 Å². The third kappa shape index (κ3) is 2.42. The Morgan fingerprint density at radius 3 is 2.22 bits per heavy atom. The molecule has 0 radical (unpaired) electrons. The topological polar surface area (TPSA) is 55.1 Å². The molecule has 0 aliphatic carbocycles. The Balaban J connectivity index is 2.32. The predicted octanol–water partition coefficient (Wildman–Crippen LogP) is 3.00. The van der Waals surface area contributed by atoms with Gasteiger partial charge in [-0.2, -0.15) is 5.10 Å². The molecule has 0 amide bonds. The molecule has 18 heavy (non-hydrogen) atoms. The Kier molecular flexibility index (Phi) is 2.95. The van der Waals surface area contributed by atoms with E-state index in [1.165, 1.54) is 0 Å². The maximum atomic E-state index is 10.8. The minimum atomic E-state index is -0.910. The predicted molar refractivity (Wildman–Crippen MR) is 69.6 cm³/mol. The summed E-state index contributed by atoms with van der Waals surface area (Å²) < 4.78 is 1.90. The first-order chi connectivity index (χ1) is 8.38. The highest BCUT2D eigenvalue weighted by Crippen LogP contribution is 2.22. The number of carboxylic acids is 1. The zero-order valence-electron chi connectivity index (χ0n) is 10.7. The van der Waals surface area contributed by atoms with Gasteiger partial charge in [0.2, 0.25) is 0 Å². The number of hydrogen-bond acceptors (Lipinski definition) is 2. The van der Waals surface area contributed by atoms with Crippen LogP contribution in [0.2, 0.25) is 0 Å². The molecule has 2 aromatic rings. The Hall–Kier alpha value is -2.10. The summed E-state index contributed by atoms with van der Waals surface area (Å²) in [6.07, 6.45) is 3.76. The second-order valence-electron chi connectivity index (χ2n) is 5.23. The van der Waals surface area contributed by atoms with Crippen LogP contribution in [-0.4, -0.2) is 20.9 Å². The molecule has 0 aliphatic heterocycles. The first-order valence-corrected chi connectivity index (χ1v) is 5.77. The minimum absolute atomic E-state index is 0.0563. The van der Waals surface area contributed by atoms with Crippen LogP contribution >= 0.6 is 0 Å². The summed E-state index contributed by atoms with van der Waals surface area (Å²) >= 11 is 0. The van der Waals surface area contributed by atoms with Crippen LogP contribution in [0.1, 0.15) is 31.1 Å². The van der Waals surface area contributed by atoms with Crippen molar-refractivity contribution in [2.75, 3.05) is 0 Å². The number of benzene rings is 1. The zero-order valence-corrected chi connectivity index (χ0v) is 10.7. The fraction of sp³-hybridized carbons (Fsp3) is 0.286. The molecular formula is C14H16N2O2. The van der Waals surface area contributed by atoms with Crippen molar-refractivity contribution in [1.29, 1.82) is 0 Å². The number of hydrogen-bond donors (Lipinski definition) is 1. The number of nitrogens with zero attached hydrogens (tertiary/aromatic N) is 2. The molecule has 1 N–H and O–H groups in total. The second kappa shape index (κ2) is 4.29. The monoisotopic (exact) mass is 244 g/mol. The van der Waals surface area contributed by atoms with Gasteiger partial charge >= 0.3 is 5.97 Å². The Bertz CT molecular complexity index is 562. The van der Waals surface area contributed by atoms with Crippen LogP contribution in [0.3, 0.4) is 0 Å². The van der Waals surface area contributed by atoms with Crippen molar-refractivity contribution in [2.45, 2.75) is 26.3 Å². The fourth-order valence-corrected chi connectivity index (χ4v) is 1.64. The van der Waals surface area contributed by atoms with Gasteiger partial charge < -0.3 is 5.11 Å². The first kappa shape index (κ1) is 12.4. The molecule has 0 fully saturated rings. The van der Waals surface area contributed by atoms with Gasteiger partial charge in [-0.15, -0.1) is 0 Å². The van der Waals surface area contributed by atoms with Crippen LogP contribution < -0.4 is 0 Å². The van der Waals surface area contributed by atoms with Crippen LogP contribution in [0.4, 0.5) is 0 Å². The van der Waals surface area contributed by atoms with Gasteiger partial charge in [-0.3, -0.25) is 4.68 Å². The average molecular weight is 244 g/mol. The normalized spacial score (nSPS) is 11.5. The lowest BCUT2D eigenvalue weighted by molar-refractivity contribution is 0.0697. The van der Waals surface area contributed by atoms with E-state index >= 15 is 0 Å². The smallest absolute Gasteiger partial charge is 0.335 e. The number of carbonyl (C=O) groups is 1. The van der Waals surface area contributed by atoms with E-state index < -0.39 is 5.97 Å². The highest BCUT2D eigenvalue weighted by molar-refractivity contribution is 5.88. The molecule has 0 spiro atoms. The van der Waals surface area contributed by atoms with Crippen molar-refractivity contribution < 1.29 is 9.90 Å². The van der Waals surface area contributed by atoms with Crippen LogP contribution in [-0.2, 0) is 5.54 Å². The van der Waals surface area contributed by atoms with Crippen LogP contribution in [0.15, 0.2) is 36.7 Å². The third-order valence-corrected chi connectivity index (χ3v) is 2.74. The second-order valence-corrected chi connectivity index (χ2v) is 5.23. The Labute approximate surface area is 106 Å². The fourth-order valence-electron chi connectivity index (χ4n) is 1.64. The molecule has 0 saturated carbocycles. The largest absolute Gasteiger partial charge is 0.478 e. The molecule has 0 bridgehead atoms. The molecule has 2 rings (SSSR count). The molecule has 1 heterocycles. The van der Waals surface area contributed by atoms with Gasteiger partial charge in [0.25, 0.3) is 0 Å². The molecular weight excluding hydrogens is 228 g/mol. The lowest BCUT2D eigenvalue weighted by Gasteiger charge is -2.18. The van der Waals surface area contributed by atoms with E-state index in [2.05, 4.69) is 25.9 Å². The lowest BCUT2D eigenvalue weighted by atomic mass is 10.1. The van der Waals surface area contributed by atoms with Crippen LogP contribution in [0.25, 0.3) is 11.1 Å². The van der Waals surface area contributed by atoms with Crippen LogP contribution in [0, 0.1) is 0 Å². The first-order valence-electron chi connectivity index (χ1n) is 5.77. The van der Waals surface area contributed by atoms with Crippen molar-refractivity contribution in [1.82, 2.24) is 9.78 Å². The summed E-state index contributed by atoms with van der Waals surface area (Å²) in [4.78, 5) is 10.8. The maximum Gasteiger partial charge on any atom is 0.335 e. The summed E-state index contributed by atoms with van der Waals surface area (Å²) in [6, 6.07) is 6.80. The van der Waals surface area contributed by atoms with Gasteiger partial charge in [0.05, 0.1) is 17.3 Å². The molecule has 0 saturated heterocycles. The van der Waals surface area contributed by atoms with E-state index in [4.69, 9.17) is 5.11 Å². The zero-order chi connectivity index (χ0) is 13.3. The highest BCUT2D eigenvalue weighted by Gasteiger charge is 2.14. The standard InChI is InChI=1S/C14H16N2O2/c1-14(2,3)16-9-12(8-15-16)10-4-6-11(7-5-10)13(17)18/h4-9H,1-3H3,(H,17,18). The molecule has 0 unspecified atom stereocenters. The SMILES string of the molecule is CC(C)(C)n1cc(-c2ccc(C(=O)O)cc2)cn1. The molecule has 0 atom stereocenters. The van der Waals surface area contributed by atoms with Gasteiger partial charge in [-0.05, 0) is 38.5 Å². The Morgan fingerprint density at radius 1 is 1.17 bits per heavy atom. The minimum Gasteiger partial charge on any atom is -0.478 e. The number of aromatic carboxylic acids is 1. The summed E-state index contributed by atoms with van der Waals surface area (Å²) in [6.45, 7) is 6.24. The highest BCUT2D eigenvalue weighted by atomic mass is 16.4. The number of aromatic nitrogens is 2. The van der Waals surface area contributed by atoms with E-state index in [9.17, 15) is 4.79 Å². The van der Waals surface area contributed by atoms with Crippen molar-refractivity contribution in [3.63, 3.8) is 0 Å². The van der Waals surface area contributed by atoms with Gasteiger partial charge in [0, 0.05) is 11.8 Å². The van der Waals surface area contributed by atoms with Gasteiger partial charge in [-0.25, -0.2) is 4.79 Å². The third-order valence-electron chi connectivity index (χ3n) is 2.74. The Morgan fingerprint density at radius 2 is 1.78 bits per heavy atom. The number of carboxylic acid groups (broad SMARTS) is 1. The van der Waals surface area contributed by atoms with Gasteiger partial charge in [0.15, 0.2) is 0 Å². The van der Waals surface area contributed by atoms with Crippen molar-refractivity contribution >= 4 is 5.97 Å². The summed E-state index contributed by atoms with van der Waals surface area (Å²) in [5.41, 5.74) is 2.19. The van der Waals surface area contributed by atoms with Crippen LogP contribution in [0.5, 0.6) is 0 Å². The molecule has 4 heteroatoms. The summed E-state index contributed by atoms with van der Waals surface area (Å²) in [5.74, 6) is -0.910. The van der Waals surface area contributed by atoms with E-state index in [-0.39, 0.29) is 5.54 Å². The molecule has 4 nitrogen and oxygen atoms in total. The molecule has 1 aromatic heterocycles. The maximum absolute atomic E-state index is 10.8. The summed E-state index contributed by atoms with van der Waals surface area (Å²) in [5, 5.41) is 13.2. The molecule has 94 valence electrons. The number of rotatable bonds is 2. The van der Waals surface area contributed by atoms with Crippen molar-refractivity contribution in [2.24, 2.45) is 0 Å². The molecule has 0 aliphatic rings. The molecule has 1 aromatic carbocycles. The quantitative estimate of drug-likeness (QED) is 0.883. The average Bonchev–Trinajstić information content (AvgIpc) is 2.78. The lowest BCUT2D eigenvalue weighted by Crippen LogP contribution is -2.21. The summed E-state index contributed by atoms with van der Waals surface area (Å²) in [7, 11) is 0. The van der Waals surface area contributed by atoms with E-state index in [1.54, 1.807) is 30.5 Å². The van der Waals surface area contributed by atoms with E-state index in [1.807, 2.05) is 10.9 Å².